The highest BCUT2D eigenvalue weighted by Crippen LogP contribution is 2.26. The molecule has 2 aromatic heterocycles. The Labute approximate surface area is 161 Å². The van der Waals surface area contributed by atoms with Crippen molar-refractivity contribution in [1.82, 2.24) is 15.5 Å². The first kappa shape index (κ1) is 18.7. The molecule has 0 radical (unpaired) electrons. The smallest absolute Gasteiger partial charge is 0.230 e. The van der Waals surface area contributed by atoms with E-state index in [2.05, 4.69) is 52.7 Å². The number of hydrogen-bond acceptors (Lipinski definition) is 6. The fraction of sp³-hybridized carbons (Fsp3) is 0.316. The van der Waals surface area contributed by atoms with Crippen LogP contribution in [0.1, 0.15) is 40.7 Å². The maximum atomic E-state index is 12.4. The molecule has 1 N–H and O–H groups in total. The summed E-state index contributed by atoms with van der Waals surface area (Å²) in [6.45, 7) is 3.89. The summed E-state index contributed by atoms with van der Waals surface area (Å²) in [7, 11) is 0. The Bertz CT molecular complexity index is 829. The number of nitrogens with one attached hydrogen (secondary N) is 1. The molecule has 0 saturated heterocycles. The van der Waals surface area contributed by atoms with E-state index in [1.54, 1.807) is 18.3 Å². The van der Waals surface area contributed by atoms with Crippen LogP contribution in [-0.4, -0.2) is 21.8 Å². The quantitative estimate of drug-likeness (QED) is 0.629. The maximum Gasteiger partial charge on any atom is 0.230 e. The second-order valence-corrected chi connectivity index (χ2v) is 7.80. The van der Waals surface area contributed by atoms with Crippen LogP contribution in [0, 0.1) is 6.92 Å². The van der Waals surface area contributed by atoms with E-state index < -0.39 is 0 Å². The maximum absolute atomic E-state index is 12.4. The van der Waals surface area contributed by atoms with E-state index in [0.717, 1.165) is 16.9 Å². The SMILES string of the molecule is CCc1ccc(C(NC(=O)CSCc2noc(C)n2)c2cccs2)cc1. The highest BCUT2D eigenvalue weighted by molar-refractivity contribution is 7.99. The van der Waals surface area contributed by atoms with Gasteiger partial charge in [0, 0.05) is 11.8 Å². The Kier molecular flexibility index (Phi) is 6.46. The van der Waals surface area contributed by atoms with Crippen LogP contribution in [0.5, 0.6) is 0 Å². The van der Waals surface area contributed by atoms with E-state index in [4.69, 9.17) is 4.52 Å². The monoisotopic (exact) mass is 387 g/mol. The Balaban J connectivity index is 1.62. The Morgan fingerprint density at radius 1 is 1.31 bits per heavy atom. The molecule has 3 aromatic rings. The zero-order valence-electron chi connectivity index (χ0n) is 14.8. The molecule has 3 rings (SSSR count). The summed E-state index contributed by atoms with van der Waals surface area (Å²) in [5.41, 5.74) is 2.38. The number of nitrogens with zero attached hydrogens (tertiary/aromatic N) is 2. The molecule has 1 aromatic carbocycles. The van der Waals surface area contributed by atoms with E-state index in [1.807, 2.05) is 11.4 Å². The molecule has 0 bridgehead atoms. The highest BCUT2D eigenvalue weighted by atomic mass is 32.2. The third-order valence-corrected chi connectivity index (χ3v) is 5.75. The number of thiophene rings is 1. The third kappa shape index (κ3) is 4.95. The molecule has 1 amide bonds. The number of amides is 1. The number of carbonyl (C=O) groups excluding carboxylic acids is 1. The molecule has 0 saturated carbocycles. The van der Waals surface area contributed by atoms with Crippen LogP contribution >= 0.6 is 23.1 Å². The van der Waals surface area contributed by atoms with E-state index in [0.29, 0.717) is 23.2 Å². The predicted octanol–water partition coefficient (Wildman–Crippen LogP) is 4.14. The highest BCUT2D eigenvalue weighted by Gasteiger charge is 2.18. The zero-order chi connectivity index (χ0) is 18.4. The molecule has 0 fully saturated rings. The molecule has 0 spiro atoms. The van der Waals surface area contributed by atoms with Crippen molar-refractivity contribution in [2.24, 2.45) is 0 Å². The van der Waals surface area contributed by atoms with Gasteiger partial charge in [-0.25, -0.2) is 0 Å². The summed E-state index contributed by atoms with van der Waals surface area (Å²) in [4.78, 5) is 17.7. The van der Waals surface area contributed by atoms with Gasteiger partial charge < -0.3 is 9.84 Å². The van der Waals surface area contributed by atoms with Crippen LogP contribution in [0.25, 0.3) is 0 Å². The Hall–Kier alpha value is -2.12. The van der Waals surface area contributed by atoms with Gasteiger partial charge >= 0.3 is 0 Å². The van der Waals surface area contributed by atoms with Crippen molar-refractivity contribution >= 4 is 29.0 Å². The number of benzene rings is 1. The van der Waals surface area contributed by atoms with Crippen LogP contribution in [0.4, 0.5) is 0 Å². The van der Waals surface area contributed by atoms with Gasteiger partial charge in [-0.2, -0.15) is 4.98 Å². The summed E-state index contributed by atoms with van der Waals surface area (Å²) >= 11 is 3.12. The Morgan fingerprint density at radius 2 is 2.12 bits per heavy atom. The molecule has 0 aliphatic heterocycles. The van der Waals surface area contributed by atoms with Crippen LogP contribution in [0.3, 0.4) is 0 Å². The lowest BCUT2D eigenvalue weighted by molar-refractivity contribution is -0.119. The lowest BCUT2D eigenvalue weighted by Crippen LogP contribution is -2.30. The molecule has 7 heteroatoms. The minimum atomic E-state index is -0.124. The normalized spacial score (nSPS) is 12.1. The number of aryl methyl sites for hydroxylation is 2. The van der Waals surface area contributed by atoms with E-state index >= 15 is 0 Å². The summed E-state index contributed by atoms with van der Waals surface area (Å²) < 4.78 is 4.94. The van der Waals surface area contributed by atoms with Gasteiger partial charge in [0.1, 0.15) is 0 Å². The van der Waals surface area contributed by atoms with Gasteiger partial charge in [-0.15, -0.1) is 23.1 Å². The van der Waals surface area contributed by atoms with Crippen molar-refractivity contribution in [2.45, 2.75) is 32.1 Å². The first-order valence-corrected chi connectivity index (χ1v) is 10.5. The average Bonchev–Trinajstić information content (AvgIpc) is 3.32. The van der Waals surface area contributed by atoms with Crippen molar-refractivity contribution in [1.29, 1.82) is 0 Å². The second kappa shape index (κ2) is 9.00. The van der Waals surface area contributed by atoms with Gasteiger partial charge in [0.2, 0.25) is 11.8 Å². The molecular formula is C19H21N3O2S2. The molecule has 5 nitrogen and oxygen atoms in total. The van der Waals surface area contributed by atoms with E-state index in [1.165, 1.54) is 17.3 Å². The second-order valence-electron chi connectivity index (χ2n) is 5.83. The number of aromatic nitrogens is 2. The van der Waals surface area contributed by atoms with Gasteiger partial charge in [0.15, 0.2) is 5.82 Å². The van der Waals surface area contributed by atoms with Crippen LogP contribution in [0.15, 0.2) is 46.3 Å². The number of carbonyl (C=O) groups is 1. The molecule has 26 heavy (non-hydrogen) atoms. The van der Waals surface area contributed by atoms with Gasteiger partial charge in [0.25, 0.3) is 0 Å². The molecule has 2 heterocycles. The first-order chi connectivity index (χ1) is 12.7. The predicted molar refractivity (Wildman–Crippen MR) is 105 cm³/mol. The average molecular weight is 388 g/mol. The van der Waals surface area contributed by atoms with E-state index in [9.17, 15) is 4.79 Å². The number of rotatable bonds is 8. The summed E-state index contributed by atoms with van der Waals surface area (Å²) in [6, 6.07) is 12.4. The van der Waals surface area contributed by atoms with Crippen molar-refractivity contribution in [3.63, 3.8) is 0 Å². The standard InChI is InChI=1S/C19H21N3O2S2/c1-3-14-6-8-15(9-7-14)19(16-5-4-10-26-16)21-18(23)12-25-11-17-20-13(2)24-22-17/h4-10,19H,3,11-12H2,1-2H3,(H,21,23). The summed E-state index contributed by atoms with van der Waals surface area (Å²) in [5.74, 6) is 2.05. The van der Waals surface area contributed by atoms with Crippen LogP contribution in [-0.2, 0) is 17.0 Å². The molecule has 136 valence electrons. The van der Waals surface area contributed by atoms with Crippen molar-refractivity contribution in [2.75, 3.05) is 5.75 Å². The molecule has 0 aliphatic rings. The zero-order valence-corrected chi connectivity index (χ0v) is 16.4. The van der Waals surface area contributed by atoms with E-state index in [-0.39, 0.29) is 11.9 Å². The van der Waals surface area contributed by atoms with Crippen molar-refractivity contribution in [3.05, 3.63) is 69.5 Å². The van der Waals surface area contributed by atoms with Crippen molar-refractivity contribution < 1.29 is 9.32 Å². The number of hydrogen-bond donors (Lipinski definition) is 1. The third-order valence-electron chi connectivity index (χ3n) is 3.89. The van der Waals surface area contributed by atoms with Gasteiger partial charge in [-0.05, 0) is 29.0 Å². The minimum absolute atomic E-state index is 0.00631. The summed E-state index contributed by atoms with van der Waals surface area (Å²) in [6.07, 6.45) is 1.00. The minimum Gasteiger partial charge on any atom is -0.344 e. The summed E-state index contributed by atoms with van der Waals surface area (Å²) in [5, 5.41) is 9.02. The fourth-order valence-electron chi connectivity index (χ4n) is 2.56. The largest absolute Gasteiger partial charge is 0.344 e. The van der Waals surface area contributed by atoms with Crippen LogP contribution < -0.4 is 5.32 Å². The van der Waals surface area contributed by atoms with Crippen molar-refractivity contribution in [3.8, 4) is 0 Å². The van der Waals surface area contributed by atoms with Gasteiger partial charge in [-0.3, -0.25) is 4.79 Å². The number of thioether (sulfide) groups is 1. The molecule has 1 unspecified atom stereocenters. The lowest BCUT2D eigenvalue weighted by Gasteiger charge is -2.18. The lowest BCUT2D eigenvalue weighted by atomic mass is 10.0. The van der Waals surface area contributed by atoms with Crippen LogP contribution in [0.2, 0.25) is 0 Å². The fourth-order valence-corrected chi connectivity index (χ4v) is 4.03. The van der Waals surface area contributed by atoms with Gasteiger partial charge in [0.05, 0.1) is 17.5 Å². The Morgan fingerprint density at radius 3 is 2.73 bits per heavy atom. The topological polar surface area (TPSA) is 68.0 Å². The first-order valence-electron chi connectivity index (χ1n) is 8.44. The molecule has 1 atom stereocenters. The molecule has 0 aliphatic carbocycles. The molecular weight excluding hydrogens is 366 g/mol. The van der Waals surface area contributed by atoms with Gasteiger partial charge in [-0.1, -0.05) is 42.4 Å².